The highest BCUT2D eigenvalue weighted by Crippen LogP contribution is 2.02. The van der Waals surface area contributed by atoms with E-state index in [1.165, 1.54) is 6.20 Å². The van der Waals surface area contributed by atoms with E-state index in [4.69, 9.17) is 5.73 Å². The van der Waals surface area contributed by atoms with Gasteiger partial charge in [0.1, 0.15) is 5.69 Å². The largest absolute Gasteiger partial charge is 0.370 e. The molecule has 118 valence electrons. The van der Waals surface area contributed by atoms with Crippen LogP contribution in [0.3, 0.4) is 0 Å². The number of aromatic nitrogens is 2. The van der Waals surface area contributed by atoms with E-state index < -0.39 is 5.91 Å². The summed E-state index contributed by atoms with van der Waals surface area (Å²) in [6, 6.07) is 0. The average Bonchev–Trinajstić information content (AvgIpc) is 2.46. The second-order valence-electron chi connectivity index (χ2n) is 4.71. The van der Waals surface area contributed by atoms with Crippen LogP contribution >= 0.6 is 0 Å². The van der Waals surface area contributed by atoms with Crippen LogP contribution in [0.15, 0.2) is 24.0 Å². The predicted molar refractivity (Wildman–Crippen MR) is 84.3 cm³/mol. The van der Waals surface area contributed by atoms with Gasteiger partial charge in [0.05, 0.1) is 17.6 Å². The third kappa shape index (κ3) is 6.74. The molecule has 7 nitrogen and oxygen atoms in total. The maximum absolute atomic E-state index is 11.5. The van der Waals surface area contributed by atoms with Gasteiger partial charge in [0.15, 0.2) is 0 Å². The van der Waals surface area contributed by atoms with Gasteiger partial charge in [-0.15, -0.1) is 0 Å². The smallest absolute Gasteiger partial charge is 0.220 e. The topological polar surface area (TPSA) is 110 Å². The van der Waals surface area contributed by atoms with Crippen LogP contribution in [0.4, 0.5) is 0 Å². The molecule has 1 rings (SSSR count). The van der Waals surface area contributed by atoms with Crippen molar-refractivity contribution in [2.75, 3.05) is 6.54 Å². The third-order valence-electron chi connectivity index (χ3n) is 2.87. The number of amides is 2. The third-order valence-corrected chi connectivity index (χ3v) is 2.87. The molecular formula is C15H21N5O2. The standard InChI is InChI=1S/C15H21N5O2/c1-3-17-10-13-11(2)20-12(9-19-13)7-8-18-15(22)6-4-5-14(16)21/h3,9-10H,1,4-8H2,2H3,(H2,16,21)(H,18,22). The first-order valence-corrected chi connectivity index (χ1v) is 7.04. The number of aryl methyl sites for hydroxylation is 1. The van der Waals surface area contributed by atoms with E-state index in [2.05, 4.69) is 26.9 Å². The maximum atomic E-state index is 11.5. The second kappa shape index (κ2) is 9.38. The van der Waals surface area contributed by atoms with E-state index in [9.17, 15) is 9.59 Å². The van der Waals surface area contributed by atoms with Crippen molar-refractivity contribution < 1.29 is 9.59 Å². The first-order valence-electron chi connectivity index (χ1n) is 7.04. The number of rotatable bonds is 9. The Morgan fingerprint density at radius 3 is 2.86 bits per heavy atom. The maximum Gasteiger partial charge on any atom is 0.220 e. The molecule has 7 heteroatoms. The molecule has 0 aliphatic carbocycles. The Morgan fingerprint density at radius 2 is 2.23 bits per heavy atom. The number of nitrogens with zero attached hydrogens (tertiary/aromatic N) is 3. The zero-order valence-electron chi connectivity index (χ0n) is 12.7. The van der Waals surface area contributed by atoms with Crippen molar-refractivity contribution in [1.82, 2.24) is 15.3 Å². The summed E-state index contributed by atoms with van der Waals surface area (Å²) in [5.74, 6) is -0.487. The molecule has 1 aromatic rings. The molecule has 0 atom stereocenters. The molecule has 22 heavy (non-hydrogen) atoms. The van der Waals surface area contributed by atoms with Gasteiger partial charge in [-0.1, -0.05) is 6.58 Å². The number of carbonyl (C=O) groups excluding carboxylic acids is 2. The molecule has 0 aliphatic heterocycles. The molecule has 0 aliphatic rings. The minimum atomic E-state index is -0.390. The van der Waals surface area contributed by atoms with Gasteiger partial charge < -0.3 is 11.1 Å². The molecule has 0 saturated carbocycles. The second-order valence-corrected chi connectivity index (χ2v) is 4.71. The number of hydrogen-bond acceptors (Lipinski definition) is 5. The predicted octanol–water partition coefficient (Wildman–Crippen LogP) is 0.662. The molecule has 0 radical (unpaired) electrons. The zero-order chi connectivity index (χ0) is 16.4. The highest BCUT2D eigenvalue weighted by molar-refractivity contribution is 5.78. The molecule has 2 amide bonds. The Kier molecular flexibility index (Phi) is 7.45. The van der Waals surface area contributed by atoms with Crippen LogP contribution in [-0.2, 0) is 16.0 Å². The van der Waals surface area contributed by atoms with Crippen LogP contribution in [0.1, 0.15) is 36.3 Å². The zero-order valence-corrected chi connectivity index (χ0v) is 12.7. The van der Waals surface area contributed by atoms with E-state index in [0.717, 1.165) is 11.4 Å². The summed E-state index contributed by atoms with van der Waals surface area (Å²) in [5.41, 5.74) is 7.28. The van der Waals surface area contributed by atoms with Crippen molar-refractivity contribution in [3.63, 3.8) is 0 Å². The van der Waals surface area contributed by atoms with Crippen LogP contribution in [0.25, 0.3) is 0 Å². The summed E-state index contributed by atoms with van der Waals surface area (Å²) in [7, 11) is 0. The summed E-state index contributed by atoms with van der Waals surface area (Å²) < 4.78 is 0. The van der Waals surface area contributed by atoms with Crippen molar-refractivity contribution >= 4 is 18.0 Å². The van der Waals surface area contributed by atoms with Crippen LogP contribution in [0.2, 0.25) is 0 Å². The molecule has 0 saturated heterocycles. The first-order chi connectivity index (χ1) is 10.5. The van der Waals surface area contributed by atoms with Crippen molar-refractivity contribution in [2.45, 2.75) is 32.6 Å². The van der Waals surface area contributed by atoms with Crippen LogP contribution in [0.5, 0.6) is 0 Å². The SMILES string of the molecule is C=CN=Cc1ncc(CCNC(=O)CCCC(N)=O)nc1C. The highest BCUT2D eigenvalue weighted by Gasteiger charge is 2.04. The van der Waals surface area contributed by atoms with Gasteiger partial charge in [-0.25, -0.2) is 0 Å². The van der Waals surface area contributed by atoms with Gasteiger partial charge in [0.2, 0.25) is 11.8 Å². The molecule has 0 aromatic carbocycles. The molecule has 1 aromatic heterocycles. The van der Waals surface area contributed by atoms with E-state index >= 15 is 0 Å². The minimum Gasteiger partial charge on any atom is -0.370 e. The van der Waals surface area contributed by atoms with Gasteiger partial charge in [0, 0.05) is 38.2 Å². The normalized spacial score (nSPS) is 10.6. The lowest BCUT2D eigenvalue weighted by atomic mass is 10.2. The first kappa shape index (κ1) is 17.5. The number of carbonyl (C=O) groups is 2. The molecule has 0 fully saturated rings. The Labute approximate surface area is 129 Å². The summed E-state index contributed by atoms with van der Waals surface area (Å²) in [6.45, 7) is 5.83. The Hall–Kier alpha value is -2.57. The number of hydrogen-bond donors (Lipinski definition) is 2. The fraction of sp³-hybridized carbons (Fsp3) is 0.400. The van der Waals surface area contributed by atoms with Crippen LogP contribution in [0, 0.1) is 6.92 Å². The van der Waals surface area contributed by atoms with Crippen molar-refractivity contribution in [2.24, 2.45) is 10.7 Å². The Morgan fingerprint density at radius 1 is 1.45 bits per heavy atom. The molecular weight excluding hydrogens is 282 g/mol. The Balaban J connectivity index is 2.37. The summed E-state index contributed by atoms with van der Waals surface area (Å²) in [6.07, 6.45) is 6.28. The van der Waals surface area contributed by atoms with Crippen LogP contribution in [-0.4, -0.2) is 34.5 Å². The fourth-order valence-corrected chi connectivity index (χ4v) is 1.75. The van der Waals surface area contributed by atoms with Crippen molar-refractivity contribution in [3.05, 3.63) is 36.1 Å². The molecule has 0 spiro atoms. The lowest BCUT2D eigenvalue weighted by molar-refractivity contribution is -0.121. The minimum absolute atomic E-state index is 0.0966. The highest BCUT2D eigenvalue weighted by atomic mass is 16.2. The number of nitrogens with one attached hydrogen (secondary N) is 1. The van der Waals surface area contributed by atoms with Crippen molar-refractivity contribution in [1.29, 1.82) is 0 Å². The van der Waals surface area contributed by atoms with E-state index in [1.54, 1.807) is 12.4 Å². The molecule has 0 unspecified atom stereocenters. The number of nitrogens with two attached hydrogens (primary N) is 1. The van der Waals surface area contributed by atoms with Gasteiger partial charge in [-0.3, -0.25) is 24.5 Å². The molecule has 0 bridgehead atoms. The van der Waals surface area contributed by atoms with Crippen LogP contribution < -0.4 is 11.1 Å². The van der Waals surface area contributed by atoms with E-state index in [0.29, 0.717) is 31.5 Å². The summed E-state index contributed by atoms with van der Waals surface area (Å²) in [4.78, 5) is 34.7. The lowest BCUT2D eigenvalue weighted by Crippen LogP contribution is -2.26. The van der Waals surface area contributed by atoms with E-state index in [1.807, 2.05) is 6.92 Å². The van der Waals surface area contributed by atoms with Gasteiger partial charge in [0.25, 0.3) is 0 Å². The lowest BCUT2D eigenvalue weighted by Gasteiger charge is -2.06. The summed E-state index contributed by atoms with van der Waals surface area (Å²) >= 11 is 0. The van der Waals surface area contributed by atoms with Gasteiger partial charge >= 0.3 is 0 Å². The Bertz CT molecular complexity index is 569. The van der Waals surface area contributed by atoms with E-state index in [-0.39, 0.29) is 12.3 Å². The van der Waals surface area contributed by atoms with Gasteiger partial charge in [-0.05, 0) is 13.3 Å². The average molecular weight is 303 g/mol. The van der Waals surface area contributed by atoms with Gasteiger partial charge in [-0.2, -0.15) is 0 Å². The quantitative estimate of drug-likeness (QED) is 0.653. The molecule has 3 N–H and O–H groups in total. The van der Waals surface area contributed by atoms with Crippen molar-refractivity contribution in [3.8, 4) is 0 Å². The number of primary amides is 1. The molecule has 1 heterocycles. The fourth-order valence-electron chi connectivity index (χ4n) is 1.75. The number of aliphatic imine (C=N–C) groups is 1. The monoisotopic (exact) mass is 303 g/mol. The summed E-state index contributed by atoms with van der Waals surface area (Å²) in [5, 5.41) is 2.77.